The van der Waals surface area contributed by atoms with Crippen LogP contribution in [0.2, 0.25) is 0 Å². The second-order valence-electron chi connectivity index (χ2n) is 4.83. The number of ether oxygens (including phenoxy) is 2. The Morgan fingerprint density at radius 1 is 1.44 bits per heavy atom. The van der Waals surface area contributed by atoms with Gasteiger partial charge in [0.2, 0.25) is 0 Å². The van der Waals surface area contributed by atoms with Crippen molar-refractivity contribution < 1.29 is 9.47 Å². The first-order chi connectivity index (χ1) is 7.60. The molecule has 0 N–H and O–H groups in total. The van der Waals surface area contributed by atoms with Crippen LogP contribution >= 0.6 is 15.9 Å². The van der Waals surface area contributed by atoms with Gasteiger partial charge in [-0.05, 0) is 30.5 Å². The SMILES string of the molecule is CC(C)CC1(Oc2cccc(Br)c2)COC1. The Balaban J connectivity index is 2.06. The summed E-state index contributed by atoms with van der Waals surface area (Å²) in [7, 11) is 0. The molecule has 1 saturated heterocycles. The average Bonchev–Trinajstić information content (AvgIpc) is 2.13. The fourth-order valence-electron chi connectivity index (χ4n) is 2.07. The Morgan fingerprint density at radius 3 is 2.69 bits per heavy atom. The minimum absolute atomic E-state index is 0.102. The van der Waals surface area contributed by atoms with E-state index in [2.05, 4.69) is 29.8 Å². The lowest BCUT2D eigenvalue weighted by Crippen LogP contribution is -2.55. The Kier molecular flexibility index (Phi) is 3.55. The first-order valence-electron chi connectivity index (χ1n) is 5.62. The lowest BCUT2D eigenvalue weighted by Gasteiger charge is -2.42. The van der Waals surface area contributed by atoms with Crippen LogP contribution in [-0.4, -0.2) is 18.8 Å². The van der Waals surface area contributed by atoms with Crippen molar-refractivity contribution in [2.75, 3.05) is 13.2 Å². The van der Waals surface area contributed by atoms with E-state index in [4.69, 9.17) is 9.47 Å². The first-order valence-corrected chi connectivity index (χ1v) is 6.41. The lowest BCUT2D eigenvalue weighted by molar-refractivity contribution is -0.169. The molecule has 88 valence electrons. The van der Waals surface area contributed by atoms with E-state index in [1.54, 1.807) is 0 Å². The van der Waals surface area contributed by atoms with E-state index in [9.17, 15) is 0 Å². The normalized spacial score (nSPS) is 18.2. The maximum Gasteiger partial charge on any atom is 0.155 e. The summed E-state index contributed by atoms with van der Waals surface area (Å²) in [6.45, 7) is 5.84. The molecule has 0 unspecified atom stereocenters. The molecule has 1 heterocycles. The summed E-state index contributed by atoms with van der Waals surface area (Å²) >= 11 is 3.45. The van der Waals surface area contributed by atoms with Gasteiger partial charge in [-0.15, -0.1) is 0 Å². The third-order valence-electron chi connectivity index (χ3n) is 2.64. The summed E-state index contributed by atoms with van der Waals surface area (Å²) in [6, 6.07) is 7.98. The van der Waals surface area contributed by atoms with E-state index in [-0.39, 0.29) is 5.60 Å². The molecule has 1 aliphatic rings. The van der Waals surface area contributed by atoms with E-state index in [1.165, 1.54) is 0 Å². The molecule has 1 aromatic carbocycles. The minimum atomic E-state index is -0.102. The summed E-state index contributed by atoms with van der Waals surface area (Å²) in [5.41, 5.74) is -0.102. The number of halogens is 1. The smallest absolute Gasteiger partial charge is 0.155 e. The van der Waals surface area contributed by atoms with Crippen LogP contribution in [-0.2, 0) is 4.74 Å². The highest BCUT2D eigenvalue weighted by Gasteiger charge is 2.41. The molecule has 1 aliphatic heterocycles. The fourth-order valence-corrected chi connectivity index (χ4v) is 2.45. The van der Waals surface area contributed by atoms with Crippen LogP contribution in [0.15, 0.2) is 28.7 Å². The van der Waals surface area contributed by atoms with Crippen molar-refractivity contribution in [2.24, 2.45) is 5.92 Å². The highest BCUT2D eigenvalue weighted by atomic mass is 79.9. The van der Waals surface area contributed by atoms with Gasteiger partial charge in [-0.25, -0.2) is 0 Å². The van der Waals surface area contributed by atoms with Crippen molar-refractivity contribution >= 4 is 15.9 Å². The standard InChI is InChI=1S/C13H17BrO2/c1-10(2)7-13(8-15-9-13)16-12-5-3-4-11(14)6-12/h3-6,10H,7-9H2,1-2H3. The van der Waals surface area contributed by atoms with Gasteiger partial charge < -0.3 is 9.47 Å². The monoisotopic (exact) mass is 284 g/mol. The van der Waals surface area contributed by atoms with Crippen molar-refractivity contribution in [3.63, 3.8) is 0 Å². The van der Waals surface area contributed by atoms with Crippen molar-refractivity contribution in [1.29, 1.82) is 0 Å². The molecule has 0 saturated carbocycles. The Hall–Kier alpha value is -0.540. The van der Waals surface area contributed by atoms with Crippen molar-refractivity contribution in [1.82, 2.24) is 0 Å². The third-order valence-corrected chi connectivity index (χ3v) is 3.13. The van der Waals surface area contributed by atoms with Crippen LogP contribution in [0.4, 0.5) is 0 Å². The zero-order valence-electron chi connectivity index (χ0n) is 9.70. The third kappa shape index (κ3) is 2.77. The second kappa shape index (κ2) is 4.76. The van der Waals surface area contributed by atoms with Gasteiger partial charge in [-0.3, -0.25) is 0 Å². The number of hydrogen-bond donors (Lipinski definition) is 0. The second-order valence-corrected chi connectivity index (χ2v) is 5.75. The van der Waals surface area contributed by atoms with Gasteiger partial charge in [0.15, 0.2) is 5.60 Å². The van der Waals surface area contributed by atoms with Crippen molar-refractivity contribution in [3.8, 4) is 5.75 Å². The largest absolute Gasteiger partial charge is 0.482 e. The maximum atomic E-state index is 6.07. The summed E-state index contributed by atoms with van der Waals surface area (Å²) < 4.78 is 12.4. The predicted octanol–water partition coefficient (Wildman–Crippen LogP) is 3.64. The Morgan fingerprint density at radius 2 is 2.19 bits per heavy atom. The van der Waals surface area contributed by atoms with E-state index >= 15 is 0 Å². The molecule has 0 bridgehead atoms. The molecule has 0 radical (unpaired) electrons. The summed E-state index contributed by atoms with van der Waals surface area (Å²) in [4.78, 5) is 0. The Labute approximate surface area is 105 Å². The fraction of sp³-hybridized carbons (Fsp3) is 0.538. The van der Waals surface area contributed by atoms with Gasteiger partial charge in [0.25, 0.3) is 0 Å². The predicted molar refractivity (Wildman–Crippen MR) is 67.8 cm³/mol. The molecule has 3 heteroatoms. The number of rotatable bonds is 4. The quantitative estimate of drug-likeness (QED) is 0.840. The van der Waals surface area contributed by atoms with E-state index < -0.39 is 0 Å². The van der Waals surface area contributed by atoms with Gasteiger partial charge in [0.05, 0.1) is 13.2 Å². The maximum absolute atomic E-state index is 6.07. The van der Waals surface area contributed by atoms with Crippen LogP contribution in [0.5, 0.6) is 5.75 Å². The molecule has 1 aromatic rings. The molecule has 0 aromatic heterocycles. The molecule has 0 atom stereocenters. The average molecular weight is 285 g/mol. The first kappa shape index (κ1) is 11.9. The van der Waals surface area contributed by atoms with Crippen LogP contribution < -0.4 is 4.74 Å². The number of benzene rings is 1. The highest BCUT2D eigenvalue weighted by molar-refractivity contribution is 9.10. The van der Waals surface area contributed by atoms with Crippen LogP contribution in [0.25, 0.3) is 0 Å². The zero-order chi connectivity index (χ0) is 11.6. The molecule has 2 nitrogen and oxygen atoms in total. The minimum Gasteiger partial charge on any atom is -0.482 e. The summed E-state index contributed by atoms with van der Waals surface area (Å²) in [6.07, 6.45) is 1.04. The van der Waals surface area contributed by atoms with Crippen molar-refractivity contribution in [2.45, 2.75) is 25.9 Å². The zero-order valence-corrected chi connectivity index (χ0v) is 11.3. The van der Waals surface area contributed by atoms with Gasteiger partial charge >= 0.3 is 0 Å². The summed E-state index contributed by atoms with van der Waals surface area (Å²) in [5.74, 6) is 1.54. The van der Waals surface area contributed by atoms with Crippen LogP contribution in [0.3, 0.4) is 0 Å². The molecular weight excluding hydrogens is 268 g/mol. The topological polar surface area (TPSA) is 18.5 Å². The molecule has 2 rings (SSSR count). The van der Waals surface area contributed by atoms with Gasteiger partial charge in [-0.1, -0.05) is 35.8 Å². The van der Waals surface area contributed by atoms with Gasteiger partial charge in [-0.2, -0.15) is 0 Å². The molecule has 0 amide bonds. The molecule has 16 heavy (non-hydrogen) atoms. The van der Waals surface area contributed by atoms with Crippen LogP contribution in [0.1, 0.15) is 20.3 Å². The van der Waals surface area contributed by atoms with Crippen LogP contribution in [0, 0.1) is 5.92 Å². The van der Waals surface area contributed by atoms with E-state index in [0.29, 0.717) is 19.1 Å². The van der Waals surface area contributed by atoms with Gasteiger partial charge in [0, 0.05) is 4.47 Å². The highest BCUT2D eigenvalue weighted by Crippen LogP contribution is 2.32. The molecule has 0 aliphatic carbocycles. The molecule has 0 spiro atoms. The lowest BCUT2D eigenvalue weighted by atomic mass is 9.90. The summed E-state index contributed by atoms with van der Waals surface area (Å²) in [5, 5.41) is 0. The molecular formula is C13H17BrO2. The van der Waals surface area contributed by atoms with Gasteiger partial charge in [0.1, 0.15) is 5.75 Å². The number of hydrogen-bond acceptors (Lipinski definition) is 2. The Bertz CT molecular complexity index is 359. The van der Waals surface area contributed by atoms with Crippen molar-refractivity contribution in [3.05, 3.63) is 28.7 Å². The van der Waals surface area contributed by atoms with E-state index in [1.807, 2.05) is 24.3 Å². The van der Waals surface area contributed by atoms with E-state index in [0.717, 1.165) is 16.6 Å². The molecule has 1 fully saturated rings.